The Balaban J connectivity index is 0.900. The molecule has 238 valence electrons. The Labute approximate surface area is 262 Å². The third-order valence-electron chi connectivity index (χ3n) is 9.84. The number of hydrogen-bond acceptors (Lipinski definition) is 8. The van der Waals surface area contributed by atoms with Crippen LogP contribution in [0.2, 0.25) is 0 Å². The van der Waals surface area contributed by atoms with Crippen LogP contribution in [0, 0.1) is 17.8 Å². The van der Waals surface area contributed by atoms with Crippen molar-refractivity contribution in [1.29, 1.82) is 0 Å². The second-order valence-electron chi connectivity index (χ2n) is 13.0. The zero-order valence-electron chi connectivity index (χ0n) is 26.5. The van der Waals surface area contributed by atoms with Gasteiger partial charge in [0.15, 0.2) is 5.69 Å². The number of anilines is 1. The van der Waals surface area contributed by atoms with Crippen LogP contribution in [0.3, 0.4) is 0 Å². The van der Waals surface area contributed by atoms with Gasteiger partial charge in [0.25, 0.3) is 0 Å². The molecule has 10 nitrogen and oxygen atoms in total. The molecule has 0 saturated carbocycles. The molecule has 6 rings (SSSR count). The smallest absolute Gasteiger partial charge is 0.228 e. The molecule has 0 spiro atoms. The number of aromatic nitrogens is 3. The number of amides is 1. The number of carbonyl (C=O) groups is 1. The van der Waals surface area contributed by atoms with Crippen molar-refractivity contribution in [1.82, 2.24) is 29.7 Å². The fraction of sp³-hybridized carbons (Fsp3) is 0.676. The third kappa shape index (κ3) is 7.99. The zero-order chi connectivity index (χ0) is 30.3. The summed E-state index contributed by atoms with van der Waals surface area (Å²) >= 11 is 0. The minimum atomic E-state index is -0.116. The molecule has 0 aliphatic carbocycles. The molecule has 0 bridgehead atoms. The van der Waals surface area contributed by atoms with Crippen LogP contribution in [0.1, 0.15) is 57.7 Å². The molecular formula is C34H49N7O3. The number of para-hydroxylation sites is 1. The summed E-state index contributed by atoms with van der Waals surface area (Å²) in [7, 11) is 0. The molecule has 1 amide bonds. The molecule has 5 heterocycles. The zero-order valence-corrected chi connectivity index (χ0v) is 26.5. The summed E-state index contributed by atoms with van der Waals surface area (Å²) in [5, 5.41) is 8.67. The first kappa shape index (κ1) is 31.0. The fourth-order valence-electron chi connectivity index (χ4n) is 7.03. The average molecular weight is 604 g/mol. The molecule has 1 aromatic carbocycles. The van der Waals surface area contributed by atoms with E-state index in [2.05, 4.69) is 74.1 Å². The molecule has 4 saturated heterocycles. The summed E-state index contributed by atoms with van der Waals surface area (Å²) in [6, 6.07) is 10.8. The van der Waals surface area contributed by atoms with Crippen molar-refractivity contribution in [3.05, 3.63) is 42.2 Å². The van der Waals surface area contributed by atoms with Crippen LogP contribution in [-0.2, 0) is 14.3 Å². The standard InChI is InChI=1S/C34H49N7O3/c1-27(41-25-29(35-36-41)8-6-14-37-15-19-39(20-16-37)30-9-4-3-5-10-30)24-31-12-13-33(44-31)28(2)34(42)40-21-17-38(18-22-40)26-32-11-7-23-43-32/h3-5,9-10,25,27-28,31-33H,7,11-24,26H2,1-2H3/t27-,28-,31+,32?,33-/m1/s1. The van der Waals surface area contributed by atoms with Crippen molar-refractivity contribution in [2.24, 2.45) is 5.92 Å². The van der Waals surface area contributed by atoms with Gasteiger partial charge in [-0.15, -0.1) is 5.10 Å². The molecule has 4 fully saturated rings. The second-order valence-corrected chi connectivity index (χ2v) is 13.0. The molecule has 0 N–H and O–H groups in total. The Kier molecular flexibility index (Phi) is 10.5. The SMILES string of the molecule is C[C@H](C[C@@H]1CC[C@H]([C@@H](C)C(=O)N2CCN(CC3CCCO3)CC2)O1)n1cc(C#CCN2CCN(c3ccccc3)CC2)nn1. The van der Waals surface area contributed by atoms with Crippen LogP contribution in [-0.4, -0.2) is 126 Å². The van der Waals surface area contributed by atoms with Gasteiger partial charge in [-0.3, -0.25) is 14.6 Å². The highest BCUT2D eigenvalue weighted by atomic mass is 16.5. The minimum absolute atomic E-state index is 0.0173. The topological polar surface area (TPSA) is 79.2 Å². The number of ether oxygens (including phenoxy) is 2. The molecule has 4 aliphatic rings. The van der Waals surface area contributed by atoms with E-state index in [1.165, 1.54) is 12.1 Å². The highest BCUT2D eigenvalue weighted by Crippen LogP contribution is 2.31. The first-order valence-corrected chi connectivity index (χ1v) is 16.7. The van der Waals surface area contributed by atoms with E-state index < -0.39 is 0 Å². The number of piperazine rings is 2. The Morgan fingerprint density at radius 2 is 1.73 bits per heavy atom. The van der Waals surface area contributed by atoms with E-state index in [-0.39, 0.29) is 30.1 Å². The van der Waals surface area contributed by atoms with Crippen molar-refractivity contribution in [3.8, 4) is 11.8 Å². The molecule has 0 radical (unpaired) electrons. The van der Waals surface area contributed by atoms with Gasteiger partial charge in [-0.2, -0.15) is 0 Å². The molecule has 10 heteroatoms. The van der Waals surface area contributed by atoms with Crippen LogP contribution in [0.5, 0.6) is 0 Å². The maximum atomic E-state index is 13.3. The predicted molar refractivity (Wildman–Crippen MR) is 170 cm³/mol. The molecule has 1 unspecified atom stereocenters. The van der Waals surface area contributed by atoms with E-state index in [4.69, 9.17) is 9.47 Å². The Morgan fingerprint density at radius 3 is 2.48 bits per heavy atom. The summed E-state index contributed by atoms with van der Waals surface area (Å²) in [6.45, 7) is 14.3. The lowest BCUT2D eigenvalue weighted by Crippen LogP contribution is -2.52. The van der Waals surface area contributed by atoms with E-state index in [0.717, 1.165) is 97.7 Å². The predicted octanol–water partition coefficient (Wildman–Crippen LogP) is 2.91. The molecular weight excluding hydrogens is 554 g/mol. The molecule has 2 aromatic rings. The van der Waals surface area contributed by atoms with E-state index in [9.17, 15) is 4.79 Å². The highest BCUT2D eigenvalue weighted by Gasteiger charge is 2.36. The minimum Gasteiger partial charge on any atom is -0.377 e. The van der Waals surface area contributed by atoms with E-state index in [1.54, 1.807) is 0 Å². The van der Waals surface area contributed by atoms with Gasteiger partial charge in [0.2, 0.25) is 5.91 Å². The number of nitrogens with zero attached hydrogens (tertiary/aromatic N) is 7. The van der Waals surface area contributed by atoms with Gasteiger partial charge in [0, 0.05) is 71.2 Å². The van der Waals surface area contributed by atoms with Gasteiger partial charge in [-0.1, -0.05) is 36.3 Å². The number of rotatable bonds is 9. The number of hydrogen-bond donors (Lipinski definition) is 0. The van der Waals surface area contributed by atoms with Crippen molar-refractivity contribution in [2.45, 2.75) is 70.3 Å². The van der Waals surface area contributed by atoms with Gasteiger partial charge >= 0.3 is 0 Å². The van der Waals surface area contributed by atoms with Crippen molar-refractivity contribution >= 4 is 11.6 Å². The van der Waals surface area contributed by atoms with E-state index >= 15 is 0 Å². The lowest BCUT2D eigenvalue weighted by molar-refractivity contribution is -0.142. The Bertz CT molecular complexity index is 1250. The molecule has 1 aromatic heterocycles. The van der Waals surface area contributed by atoms with Gasteiger partial charge in [0.1, 0.15) is 0 Å². The maximum absolute atomic E-state index is 13.3. The summed E-state index contributed by atoms with van der Waals surface area (Å²) in [6.07, 6.45) is 7.51. The summed E-state index contributed by atoms with van der Waals surface area (Å²) < 4.78 is 14.1. The van der Waals surface area contributed by atoms with Crippen molar-refractivity contribution in [2.75, 3.05) is 77.0 Å². The molecule has 44 heavy (non-hydrogen) atoms. The Morgan fingerprint density at radius 1 is 0.955 bits per heavy atom. The van der Waals surface area contributed by atoms with E-state index in [0.29, 0.717) is 11.8 Å². The first-order valence-electron chi connectivity index (χ1n) is 16.7. The lowest BCUT2D eigenvalue weighted by atomic mass is 9.99. The fourth-order valence-corrected chi connectivity index (χ4v) is 7.03. The summed E-state index contributed by atoms with van der Waals surface area (Å²) in [5.74, 6) is 6.62. The normalized spacial score (nSPS) is 26.4. The number of benzene rings is 1. The molecule has 4 aliphatic heterocycles. The summed E-state index contributed by atoms with van der Waals surface area (Å²) in [4.78, 5) is 22.6. The van der Waals surface area contributed by atoms with Gasteiger partial charge < -0.3 is 19.3 Å². The quantitative estimate of drug-likeness (QED) is 0.405. The highest BCUT2D eigenvalue weighted by molar-refractivity contribution is 5.79. The largest absolute Gasteiger partial charge is 0.377 e. The van der Waals surface area contributed by atoms with Crippen molar-refractivity contribution in [3.63, 3.8) is 0 Å². The second kappa shape index (κ2) is 14.9. The third-order valence-corrected chi connectivity index (χ3v) is 9.84. The van der Waals surface area contributed by atoms with Crippen LogP contribution in [0.15, 0.2) is 36.5 Å². The lowest BCUT2D eigenvalue weighted by Gasteiger charge is -2.37. The van der Waals surface area contributed by atoms with E-state index in [1.807, 2.05) is 22.7 Å². The maximum Gasteiger partial charge on any atom is 0.228 e. The average Bonchev–Trinajstić information content (AvgIpc) is 3.85. The van der Waals surface area contributed by atoms with Crippen LogP contribution in [0.25, 0.3) is 0 Å². The Hall–Kier alpha value is -2.97. The van der Waals surface area contributed by atoms with Crippen LogP contribution in [0.4, 0.5) is 5.69 Å². The van der Waals surface area contributed by atoms with Gasteiger partial charge in [0.05, 0.1) is 43.0 Å². The van der Waals surface area contributed by atoms with Gasteiger partial charge in [-0.25, -0.2) is 4.68 Å². The monoisotopic (exact) mass is 603 g/mol. The number of carbonyl (C=O) groups excluding carboxylic acids is 1. The van der Waals surface area contributed by atoms with Gasteiger partial charge in [-0.05, 0) is 57.1 Å². The molecule has 5 atom stereocenters. The first-order chi connectivity index (χ1) is 21.5. The summed E-state index contributed by atoms with van der Waals surface area (Å²) in [5.41, 5.74) is 2.00. The van der Waals surface area contributed by atoms with Crippen LogP contribution >= 0.6 is 0 Å². The van der Waals surface area contributed by atoms with Crippen LogP contribution < -0.4 is 4.90 Å². The van der Waals surface area contributed by atoms with Crippen molar-refractivity contribution < 1.29 is 14.3 Å².